The molecule has 0 aromatic heterocycles. The number of hydrogen-bond acceptors (Lipinski definition) is 5. The first kappa shape index (κ1) is 19.8. The molecule has 1 aliphatic rings. The summed E-state index contributed by atoms with van der Waals surface area (Å²) in [6, 6.07) is 5.26. The van der Waals surface area contributed by atoms with Crippen molar-refractivity contribution < 1.29 is 28.9 Å². The molecule has 1 N–H and O–H groups in total. The van der Waals surface area contributed by atoms with E-state index in [4.69, 9.17) is 19.3 Å². The molecule has 1 fully saturated rings. The van der Waals surface area contributed by atoms with E-state index >= 15 is 0 Å². The van der Waals surface area contributed by atoms with Gasteiger partial charge in [0.1, 0.15) is 6.54 Å². The van der Waals surface area contributed by atoms with E-state index in [1.807, 2.05) is 31.2 Å². The largest absolute Gasteiger partial charge is 0.493 e. The summed E-state index contributed by atoms with van der Waals surface area (Å²) in [5, 5.41) is 9.12. The first-order valence-corrected chi connectivity index (χ1v) is 8.57. The zero-order valence-electron chi connectivity index (χ0n) is 15.1. The van der Waals surface area contributed by atoms with Gasteiger partial charge < -0.3 is 24.2 Å². The second-order valence-corrected chi connectivity index (χ2v) is 5.96. The highest BCUT2D eigenvalue weighted by Gasteiger charge is 2.28. The minimum Gasteiger partial charge on any atom is -0.493 e. The van der Waals surface area contributed by atoms with Gasteiger partial charge in [0.05, 0.1) is 7.11 Å². The molecule has 26 heavy (non-hydrogen) atoms. The van der Waals surface area contributed by atoms with Crippen molar-refractivity contribution in [2.45, 2.75) is 25.8 Å². The molecule has 1 amide bonds. The molecule has 7 heteroatoms. The number of nitrogens with zero attached hydrogens (tertiary/aromatic N) is 1. The second-order valence-electron chi connectivity index (χ2n) is 5.96. The standard InChI is InChI=1S/C19H25NO6/c1-3-4-14-5-6-16(17(11-14)24-2)26-13-18(21)20(12-19(22)23)15-7-9-25-10-8-15/h3-6,11,15H,7-10,12-13H2,1-2H3,(H,22,23). The molecular weight excluding hydrogens is 338 g/mol. The lowest BCUT2D eigenvalue weighted by atomic mass is 10.1. The highest BCUT2D eigenvalue weighted by atomic mass is 16.5. The van der Waals surface area contributed by atoms with E-state index in [9.17, 15) is 9.59 Å². The van der Waals surface area contributed by atoms with Crippen molar-refractivity contribution >= 4 is 18.0 Å². The van der Waals surface area contributed by atoms with Crippen molar-refractivity contribution in [3.63, 3.8) is 0 Å². The molecule has 1 aliphatic heterocycles. The van der Waals surface area contributed by atoms with E-state index in [2.05, 4.69) is 0 Å². The molecule has 142 valence electrons. The smallest absolute Gasteiger partial charge is 0.323 e. The van der Waals surface area contributed by atoms with E-state index in [1.165, 1.54) is 12.0 Å². The van der Waals surface area contributed by atoms with Crippen LogP contribution in [0.1, 0.15) is 25.3 Å². The molecule has 0 saturated carbocycles. The number of aliphatic carboxylic acids is 1. The van der Waals surface area contributed by atoms with Gasteiger partial charge in [0, 0.05) is 19.3 Å². The average molecular weight is 363 g/mol. The summed E-state index contributed by atoms with van der Waals surface area (Å²) in [7, 11) is 1.53. The van der Waals surface area contributed by atoms with Crippen molar-refractivity contribution in [2.24, 2.45) is 0 Å². The van der Waals surface area contributed by atoms with Gasteiger partial charge in [-0.05, 0) is 37.5 Å². The Kier molecular flexibility index (Phi) is 7.47. The molecule has 2 rings (SSSR count). The lowest BCUT2D eigenvalue weighted by Crippen LogP contribution is -2.47. The number of methoxy groups -OCH3 is 1. The number of rotatable bonds is 8. The Bertz CT molecular complexity index is 651. The van der Waals surface area contributed by atoms with Crippen molar-refractivity contribution in [3.8, 4) is 11.5 Å². The fourth-order valence-electron chi connectivity index (χ4n) is 2.89. The van der Waals surface area contributed by atoms with Gasteiger partial charge in [-0.1, -0.05) is 18.2 Å². The molecule has 0 bridgehead atoms. The van der Waals surface area contributed by atoms with Crippen LogP contribution in [0.4, 0.5) is 0 Å². The maximum absolute atomic E-state index is 12.6. The highest BCUT2D eigenvalue weighted by molar-refractivity contribution is 5.82. The molecule has 1 aromatic carbocycles. The van der Waals surface area contributed by atoms with Gasteiger partial charge in [-0.15, -0.1) is 0 Å². The Morgan fingerprint density at radius 2 is 2.04 bits per heavy atom. The predicted molar refractivity (Wildman–Crippen MR) is 96.4 cm³/mol. The third-order valence-electron chi connectivity index (χ3n) is 4.16. The van der Waals surface area contributed by atoms with Crippen molar-refractivity contribution in [1.29, 1.82) is 0 Å². The summed E-state index contributed by atoms with van der Waals surface area (Å²) in [5.41, 5.74) is 0.956. The van der Waals surface area contributed by atoms with Crippen molar-refractivity contribution in [2.75, 3.05) is 33.5 Å². The van der Waals surface area contributed by atoms with Crippen LogP contribution in [0, 0.1) is 0 Å². The SMILES string of the molecule is CC=Cc1ccc(OCC(=O)N(CC(=O)O)C2CCOCC2)c(OC)c1. The van der Waals surface area contributed by atoms with Crippen LogP contribution >= 0.6 is 0 Å². The minimum atomic E-state index is -1.04. The van der Waals surface area contributed by atoms with Crippen LogP contribution in [-0.4, -0.2) is 61.4 Å². The fourth-order valence-corrected chi connectivity index (χ4v) is 2.89. The number of carboxylic acids is 1. The van der Waals surface area contributed by atoms with Crippen LogP contribution in [0.3, 0.4) is 0 Å². The van der Waals surface area contributed by atoms with Gasteiger partial charge in [-0.2, -0.15) is 0 Å². The molecule has 1 heterocycles. The Labute approximate surface area is 153 Å². The van der Waals surface area contributed by atoms with Crippen LogP contribution in [0.15, 0.2) is 24.3 Å². The Balaban J connectivity index is 2.05. The van der Waals surface area contributed by atoms with Crippen LogP contribution in [-0.2, 0) is 14.3 Å². The summed E-state index contributed by atoms with van der Waals surface area (Å²) in [5.74, 6) is -0.447. The number of amides is 1. The molecule has 0 atom stereocenters. The molecule has 1 aromatic rings. The minimum absolute atomic E-state index is 0.144. The molecule has 0 aliphatic carbocycles. The normalized spacial score (nSPS) is 15.0. The number of ether oxygens (including phenoxy) is 3. The Morgan fingerprint density at radius 1 is 1.31 bits per heavy atom. The molecule has 7 nitrogen and oxygen atoms in total. The Hall–Kier alpha value is -2.54. The lowest BCUT2D eigenvalue weighted by Gasteiger charge is -2.33. The Morgan fingerprint density at radius 3 is 2.65 bits per heavy atom. The van der Waals surface area contributed by atoms with E-state index in [0.29, 0.717) is 37.6 Å². The zero-order chi connectivity index (χ0) is 18.9. The molecule has 1 saturated heterocycles. The maximum atomic E-state index is 12.6. The predicted octanol–water partition coefficient (Wildman–Crippen LogP) is 2.20. The van der Waals surface area contributed by atoms with Gasteiger partial charge in [-0.25, -0.2) is 0 Å². The summed E-state index contributed by atoms with van der Waals surface area (Å²) >= 11 is 0. The number of benzene rings is 1. The van der Waals surface area contributed by atoms with E-state index in [-0.39, 0.29) is 25.1 Å². The molecule has 0 radical (unpaired) electrons. The monoisotopic (exact) mass is 363 g/mol. The van der Waals surface area contributed by atoms with Crippen LogP contribution in [0.25, 0.3) is 6.08 Å². The van der Waals surface area contributed by atoms with Crippen LogP contribution in [0.5, 0.6) is 11.5 Å². The molecule has 0 unspecified atom stereocenters. The van der Waals surface area contributed by atoms with E-state index < -0.39 is 5.97 Å². The topological polar surface area (TPSA) is 85.3 Å². The molecular formula is C19H25NO6. The summed E-state index contributed by atoms with van der Waals surface area (Å²) < 4.78 is 16.2. The lowest BCUT2D eigenvalue weighted by molar-refractivity contribution is -0.148. The van der Waals surface area contributed by atoms with Gasteiger partial charge in [0.25, 0.3) is 5.91 Å². The zero-order valence-corrected chi connectivity index (χ0v) is 15.1. The summed E-state index contributed by atoms with van der Waals surface area (Å²) in [4.78, 5) is 25.1. The quantitative estimate of drug-likeness (QED) is 0.762. The number of allylic oxidation sites excluding steroid dienone is 1. The van der Waals surface area contributed by atoms with Gasteiger partial charge >= 0.3 is 5.97 Å². The first-order valence-electron chi connectivity index (χ1n) is 8.57. The van der Waals surface area contributed by atoms with Crippen molar-refractivity contribution in [1.82, 2.24) is 4.90 Å². The van der Waals surface area contributed by atoms with Crippen LogP contribution in [0.2, 0.25) is 0 Å². The van der Waals surface area contributed by atoms with Crippen molar-refractivity contribution in [3.05, 3.63) is 29.8 Å². The van der Waals surface area contributed by atoms with E-state index in [0.717, 1.165) is 5.56 Å². The number of carbonyl (C=O) groups is 2. The van der Waals surface area contributed by atoms with Crippen LogP contribution < -0.4 is 9.47 Å². The number of carbonyl (C=O) groups excluding carboxylic acids is 1. The van der Waals surface area contributed by atoms with Gasteiger partial charge in [0.15, 0.2) is 18.1 Å². The third-order valence-corrected chi connectivity index (χ3v) is 4.16. The van der Waals surface area contributed by atoms with Gasteiger partial charge in [0.2, 0.25) is 0 Å². The van der Waals surface area contributed by atoms with E-state index in [1.54, 1.807) is 6.07 Å². The summed E-state index contributed by atoms with van der Waals surface area (Å²) in [6.07, 6.45) is 5.09. The molecule has 0 spiro atoms. The highest BCUT2D eigenvalue weighted by Crippen LogP contribution is 2.28. The second kappa shape index (κ2) is 9.82. The maximum Gasteiger partial charge on any atom is 0.323 e. The summed E-state index contributed by atoms with van der Waals surface area (Å²) in [6.45, 7) is 2.38. The number of hydrogen-bond donors (Lipinski definition) is 1. The number of carboxylic acid groups (broad SMARTS) is 1. The van der Waals surface area contributed by atoms with Gasteiger partial charge in [-0.3, -0.25) is 9.59 Å². The first-order chi connectivity index (χ1) is 12.5. The average Bonchev–Trinajstić information content (AvgIpc) is 2.65. The fraction of sp³-hybridized carbons (Fsp3) is 0.474. The third kappa shape index (κ3) is 5.49.